The summed E-state index contributed by atoms with van der Waals surface area (Å²) < 4.78 is 16.0. The predicted octanol–water partition coefficient (Wildman–Crippen LogP) is 2.51. The molecule has 2 aromatic rings. The molecule has 2 aliphatic rings. The van der Waals surface area contributed by atoms with Crippen molar-refractivity contribution in [1.29, 1.82) is 0 Å². The minimum atomic E-state index is -0.368. The van der Waals surface area contributed by atoms with E-state index >= 15 is 0 Å². The second-order valence-electron chi connectivity index (χ2n) is 7.14. The third-order valence-electron chi connectivity index (χ3n) is 5.34. The molecule has 0 bridgehead atoms. The molecule has 0 spiro atoms. The molecule has 2 aliphatic heterocycles. The van der Waals surface area contributed by atoms with Crippen LogP contribution in [0.2, 0.25) is 0 Å². The summed E-state index contributed by atoms with van der Waals surface area (Å²) in [6.45, 7) is 2.66. The van der Waals surface area contributed by atoms with Gasteiger partial charge in [0.05, 0.1) is 11.7 Å². The van der Waals surface area contributed by atoms with Crippen molar-refractivity contribution in [3.63, 3.8) is 0 Å². The second-order valence-corrected chi connectivity index (χ2v) is 7.14. The van der Waals surface area contributed by atoms with E-state index in [1.54, 1.807) is 18.2 Å². The molecule has 7 heteroatoms. The number of halogens is 1. The minimum absolute atomic E-state index is 0.107. The maximum atomic E-state index is 14.0. The van der Waals surface area contributed by atoms with Crippen LogP contribution in [0.4, 0.5) is 15.9 Å². The van der Waals surface area contributed by atoms with Crippen molar-refractivity contribution in [3.05, 3.63) is 42.3 Å². The fraction of sp³-hybridized carbons (Fsp3) is 0.474. The van der Waals surface area contributed by atoms with Gasteiger partial charge in [-0.3, -0.25) is 9.48 Å². The number of nitrogens with one attached hydrogen (secondary N) is 1. The Kier molecular flexibility index (Phi) is 4.63. The molecule has 1 amide bonds. The van der Waals surface area contributed by atoms with E-state index < -0.39 is 0 Å². The highest BCUT2D eigenvalue weighted by Gasteiger charge is 2.34. The van der Waals surface area contributed by atoms with Crippen molar-refractivity contribution in [2.45, 2.75) is 31.3 Å². The van der Waals surface area contributed by atoms with Gasteiger partial charge >= 0.3 is 0 Å². The first-order valence-corrected chi connectivity index (χ1v) is 9.18. The fourth-order valence-corrected chi connectivity index (χ4v) is 3.78. The molecular formula is C19H24FN5O. The van der Waals surface area contributed by atoms with Crippen LogP contribution < -0.4 is 10.2 Å². The highest BCUT2D eigenvalue weighted by Crippen LogP contribution is 2.26. The van der Waals surface area contributed by atoms with Crippen LogP contribution in [0.5, 0.6) is 0 Å². The number of carbonyl (C=O) groups is 1. The Bertz CT molecular complexity index is 784. The number of amides is 1. The summed E-state index contributed by atoms with van der Waals surface area (Å²) in [6, 6.07) is 8.36. The lowest BCUT2D eigenvalue weighted by molar-refractivity contribution is -0.117. The molecule has 1 atom stereocenters. The van der Waals surface area contributed by atoms with Crippen molar-refractivity contribution >= 4 is 17.4 Å². The standard InChI is InChI=1S/C19H24FN5O/c1-23-10-6-14(7-11-23)25-13-9-18(22-25)21-16-8-12-24(19(16)26)17-5-3-2-4-15(17)20/h2-5,9,13-14,16H,6-8,10-12H2,1H3,(H,21,22). The first-order valence-electron chi connectivity index (χ1n) is 9.18. The molecular weight excluding hydrogens is 333 g/mol. The molecule has 6 nitrogen and oxygen atoms in total. The van der Waals surface area contributed by atoms with Crippen LogP contribution >= 0.6 is 0 Å². The Balaban J connectivity index is 1.41. The van der Waals surface area contributed by atoms with E-state index in [1.807, 2.05) is 16.9 Å². The summed E-state index contributed by atoms with van der Waals surface area (Å²) in [7, 11) is 2.14. The average molecular weight is 357 g/mol. The van der Waals surface area contributed by atoms with Crippen LogP contribution in [0.25, 0.3) is 0 Å². The van der Waals surface area contributed by atoms with E-state index in [0.29, 0.717) is 30.5 Å². The second kappa shape index (κ2) is 7.07. The molecule has 1 aromatic heterocycles. The van der Waals surface area contributed by atoms with Gasteiger partial charge in [-0.05, 0) is 51.5 Å². The molecule has 0 aliphatic carbocycles. The highest BCUT2D eigenvalue weighted by atomic mass is 19.1. The summed E-state index contributed by atoms with van der Waals surface area (Å²) in [5, 5.41) is 7.84. The Morgan fingerprint density at radius 1 is 1.12 bits per heavy atom. The summed E-state index contributed by atoms with van der Waals surface area (Å²) in [6.07, 6.45) is 4.78. The zero-order valence-electron chi connectivity index (χ0n) is 14.9. The average Bonchev–Trinajstić information content (AvgIpc) is 3.24. The topological polar surface area (TPSA) is 53.4 Å². The zero-order valence-corrected chi connectivity index (χ0v) is 14.9. The normalized spacial score (nSPS) is 22.2. The Labute approximate surface area is 152 Å². The van der Waals surface area contributed by atoms with E-state index in [0.717, 1.165) is 25.9 Å². The third-order valence-corrected chi connectivity index (χ3v) is 5.34. The van der Waals surface area contributed by atoms with Gasteiger partial charge in [0.25, 0.3) is 0 Å². The quantitative estimate of drug-likeness (QED) is 0.914. The van der Waals surface area contributed by atoms with E-state index in [1.165, 1.54) is 11.0 Å². The van der Waals surface area contributed by atoms with E-state index in [9.17, 15) is 9.18 Å². The molecule has 2 fully saturated rings. The van der Waals surface area contributed by atoms with Gasteiger partial charge in [0.1, 0.15) is 17.7 Å². The Hall–Kier alpha value is -2.41. The molecule has 0 saturated carbocycles. The first-order chi connectivity index (χ1) is 12.6. The molecule has 2 saturated heterocycles. The molecule has 1 unspecified atom stereocenters. The summed E-state index contributed by atoms with van der Waals surface area (Å²) >= 11 is 0. The van der Waals surface area contributed by atoms with Crippen LogP contribution in [0.3, 0.4) is 0 Å². The first kappa shape index (κ1) is 17.0. The van der Waals surface area contributed by atoms with Crippen molar-refractivity contribution in [2.75, 3.05) is 36.9 Å². The molecule has 138 valence electrons. The number of benzene rings is 1. The van der Waals surface area contributed by atoms with Gasteiger partial charge in [-0.15, -0.1) is 0 Å². The molecule has 3 heterocycles. The maximum Gasteiger partial charge on any atom is 0.249 e. The lowest BCUT2D eigenvalue weighted by Crippen LogP contribution is -2.34. The number of carbonyl (C=O) groups excluding carboxylic acids is 1. The van der Waals surface area contributed by atoms with Gasteiger partial charge in [-0.2, -0.15) is 5.10 Å². The number of hydrogen-bond acceptors (Lipinski definition) is 4. The maximum absolute atomic E-state index is 14.0. The number of aromatic nitrogens is 2. The van der Waals surface area contributed by atoms with Gasteiger partial charge in [0.2, 0.25) is 5.91 Å². The van der Waals surface area contributed by atoms with Gasteiger partial charge in [-0.25, -0.2) is 4.39 Å². The van der Waals surface area contributed by atoms with Gasteiger partial charge in [-0.1, -0.05) is 12.1 Å². The lowest BCUT2D eigenvalue weighted by atomic mass is 10.1. The SMILES string of the molecule is CN1CCC(n2ccc(NC3CCN(c4ccccc4F)C3=O)n2)CC1. The molecule has 1 N–H and O–H groups in total. The molecule has 4 rings (SSSR count). The van der Waals surface area contributed by atoms with E-state index in [2.05, 4.69) is 22.4 Å². The number of anilines is 2. The number of rotatable bonds is 4. The third kappa shape index (κ3) is 3.31. The van der Waals surface area contributed by atoms with Crippen LogP contribution in [0, 0.1) is 5.82 Å². The van der Waals surface area contributed by atoms with Crippen molar-refractivity contribution in [3.8, 4) is 0 Å². The van der Waals surface area contributed by atoms with Crippen LogP contribution in [-0.4, -0.2) is 53.3 Å². The lowest BCUT2D eigenvalue weighted by Gasteiger charge is -2.29. The minimum Gasteiger partial charge on any atom is -0.357 e. The Morgan fingerprint density at radius 2 is 1.88 bits per heavy atom. The van der Waals surface area contributed by atoms with Crippen molar-refractivity contribution in [1.82, 2.24) is 14.7 Å². The monoisotopic (exact) mass is 357 g/mol. The van der Waals surface area contributed by atoms with E-state index in [-0.39, 0.29) is 17.8 Å². The van der Waals surface area contributed by atoms with Crippen molar-refractivity contribution < 1.29 is 9.18 Å². The van der Waals surface area contributed by atoms with E-state index in [4.69, 9.17) is 0 Å². The smallest absolute Gasteiger partial charge is 0.249 e. The van der Waals surface area contributed by atoms with Crippen LogP contribution in [-0.2, 0) is 4.79 Å². The van der Waals surface area contributed by atoms with Gasteiger partial charge < -0.3 is 15.1 Å². The number of nitrogens with zero attached hydrogens (tertiary/aromatic N) is 4. The number of hydrogen-bond donors (Lipinski definition) is 1. The summed E-state index contributed by atoms with van der Waals surface area (Å²) in [4.78, 5) is 16.5. The fourth-order valence-electron chi connectivity index (χ4n) is 3.78. The highest BCUT2D eigenvalue weighted by molar-refractivity contribution is 6.00. The summed E-state index contributed by atoms with van der Waals surface area (Å²) in [5.41, 5.74) is 0.346. The van der Waals surface area contributed by atoms with Crippen LogP contribution in [0.1, 0.15) is 25.3 Å². The van der Waals surface area contributed by atoms with Gasteiger partial charge in [0, 0.05) is 18.8 Å². The molecule has 0 radical (unpaired) electrons. The van der Waals surface area contributed by atoms with Crippen LogP contribution in [0.15, 0.2) is 36.5 Å². The molecule has 1 aromatic carbocycles. The number of para-hydroxylation sites is 1. The molecule has 26 heavy (non-hydrogen) atoms. The summed E-state index contributed by atoms with van der Waals surface area (Å²) in [5.74, 6) is 0.231. The zero-order chi connectivity index (χ0) is 18.1. The number of piperidine rings is 1. The Morgan fingerprint density at radius 3 is 2.65 bits per heavy atom. The number of likely N-dealkylation sites (tertiary alicyclic amines) is 1. The van der Waals surface area contributed by atoms with Crippen molar-refractivity contribution in [2.24, 2.45) is 0 Å². The predicted molar refractivity (Wildman–Crippen MR) is 98.8 cm³/mol. The largest absolute Gasteiger partial charge is 0.357 e. The van der Waals surface area contributed by atoms with Gasteiger partial charge in [0.15, 0.2) is 0 Å².